The summed E-state index contributed by atoms with van der Waals surface area (Å²) in [7, 11) is 68.4. The fourth-order valence-corrected chi connectivity index (χ4v) is 8.32. The summed E-state index contributed by atoms with van der Waals surface area (Å²) in [6.07, 6.45) is 0. The zero-order valence-electron chi connectivity index (χ0n) is 32.0. The van der Waals surface area contributed by atoms with E-state index < -0.39 is 0 Å². The third-order valence-corrected chi connectivity index (χ3v) is 11.3. The standard InChI is InChI=1S/C45H19B10N5/c46-29-26-25-31(48)36(53)42-28(39(25)59(24-14-8-3-9-15-24)40(26)37(54)34(51)32(29)49)27-30(47)33(50)35(52)38(55)41(27)60(42)45-57-43(22-12-6-2-7-13-22)56-44(58-45)23-18-16-21(17-19-23)20-10-4-1-5-11-20/h1-19H. The monoisotopic (exact) mass is 739 g/mol. The van der Waals surface area contributed by atoms with Gasteiger partial charge in [0.1, 0.15) is 78.5 Å². The Bertz CT molecular complexity index is 3410. The maximum absolute atomic E-state index is 7.23. The van der Waals surface area contributed by atoms with Crippen molar-refractivity contribution in [1.82, 2.24) is 24.1 Å². The number of hydrogen-bond donors (Lipinski definition) is 0. The Morgan fingerprint density at radius 3 is 1.18 bits per heavy atom. The minimum atomic E-state index is 0.0681. The Labute approximate surface area is 359 Å². The summed E-state index contributed by atoms with van der Waals surface area (Å²) in [4.78, 5) is 15.2. The van der Waals surface area contributed by atoms with E-state index in [2.05, 4.69) is 12.1 Å². The van der Waals surface area contributed by atoms with Crippen LogP contribution in [0.15, 0.2) is 115 Å². The molecule has 0 unspecified atom stereocenters. The zero-order valence-corrected chi connectivity index (χ0v) is 32.0. The Morgan fingerprint density at radius 2 is 0.633 bits per heavy atom. The maximum atomic E-state index is 7.23. The Balaban J connectivity index is 1.41. The minimum Gasteiger partial charge on any atom is -0.309 e. The average Bonchev–Trinajstić information content (AvgIpc) is 3.84. The lowest BCUT2D eigenvalue weighted by atomic mass is 9.64. The minimum absolute atomic E-state index is 0.0681. The molecule has 0 aliphatic carbocycles. The van der Waals surface area contributed by atoms with Gasteiger partial charge in [-0.3, -0.25) is 4.57 Å². The number of hydrogen-bond acceptors (Lipinski definition) is 3. The van der Waals surface area contributed by atoms with Crippen LogP contribution in [0.25, 0.3) is 89.2 Å². The predicted octanol–water partition coefficient (Wildman–Crippen LogP) is -0.995. The molecule has 7 aromatic carbocycles. The topological polar surface area (TPSA) is 48.5 Å². The Kier molecular flexibility index (Phi) is 9.02. The maximum Gasteiger partial charge on any atom is 0.238 e. The number of para-hydroxylation sites is 1. The SMILES string of the molecule is [B]c1c([B])c([B])c2c(c1[B])c1c(c([B])c([B])c3c4c([B])c([B])c([B])c([B])c4n(-c4ccccc4)c31)n2-c1nc(-c2ccccc2)nc(-c2ccc(-c3ccccc3)cc2)n1. The van der Waals surface area contributed by atoms with E-state index in [4.69, 9.17) is 93.4 Å². The molecule has 15 heteroatoms. The summed E-state index contributed by atoms with van der Waals surface area (Å²) in [5.74, 6) is 0.910. The molecular formula is C45H19B10N5. The van der Waals surface area contributed by atoms with Crippen LogP contribution in [0, 0.1) is 0 Å². The first-order chi connectivity index (χ1) is 29.0. The predicted molar refractivity (Wildman–Crippen MR) is 259 cm³/mol. The molecular weight excluding hydrogens is 719 g/mol. The highest BCUT2D eigenvalue weighted by atomic mass is 15.2. The second-order valence-electron chi connectivity index (χ2n) is 14.6. The Morgan fingerprint density at radius 1 is 0.283 bits per heavy atom. The largest absolute Gasteiger partial charge is 0.309 e. The lowest BCUT2D eigenvalue weighted by Crippen LogP contribution is -2.48. The number of aromatic nitrogens is 5. The van der Waals surface area contributed by atoms with Crippen LogP contribution in [0.1, 0.15) is 0 Å². The van der Waals surface area contributed by atoms with Gasteiger partial charge < -0.3 is 4.57 Å². The summed E-state index contributed by atoms with van der Waals surface area (Å²) < 4.78 is 3.63. The number of benzene rings is 7. The molecule has 0 N–H and O–H groups in total. The van der Waals surface area contributed by atoms with Crippen LogP contribution in [0.5, 0.6) is 0 Å². The first-order valence-electron chi connectivity index (χ1n) is 18.9. The van der Waals surface area contributed by atoms with Crippen LogP contribution < -0.4 is 54.6 Å². The summed E-state index contributed by atoms with van der Waals surface area (Å²) in [5, 5.41) is 1.82. The lowest BCUT2D eigenvalue weighted by Gasteiger charge is -2.17. The van der Waals surface area contributed by atoms with Crippen molar-refractivity contribution < 1.29 is 0 Å². The molecule has 10 aromatic rings. The molecule has 20 radical (unpaired) electrons. The van der Waals surface area contributed by atoms with Crippen molar-refractivity contribution in [2.24, 2.45) is 0 Å². The highest BCUT2D eigenvalue weighted by molar-refractivity contribution is 6.71. The van der Waals surface area contributed by atoms with Crippen LogP contribution in [0.3, 0.4) is 0 Å². The van der Waals surface area contributed by atoms with Crippen molar-refractivity contribution in [2.75, 3.05) is 0 Å². The van der Waals surface area contributed by atoms with E-state index in [0.717, 1.165) is 22.3 Å². The second kappa shape index (κ2) is 14.2. The first-order valence-corrected chi connectivity index (χ1v) is 18.9. The molecule has 0 aliphatic rings. The normalized spacial score (nSPS) is 11.7. The van der Waals surface area contributed by atoms with Gasteiger partial charge >= 0.3 is 0 Å². The summed E-state index contributed by atoms with van der Waals surface area (Å²) in [5.41, 5.74) is 7.26. The molecule has 0 aliphatic heterocycles. The molecule has 0 amide bonds. The van der Waals surface area contributed by atoms with Gasteiger partial charge in [-0.15, -0.1) is 21.9 Å². The van der Waals surface area contributed by atoms with Gasteiger partial charge in [-0.1, -0.05) is 136 Å². The fourth-order valence-electron chi connectivity index (χ4n) is 8.32. The van der Waals surface area contributed by atoms with Gasteiger partial charge in [0.25, 0.3) is 0 Å². The highest BCUT2D eigenvalue weighted by Gasteiger charge is 2.29. The van der Waals surface area contributed by atoms with Crippen molar-refractivity contribution in [1.29, 1.82) is 0 Å². The van der Waals surface area contributed by atoms with Crippen molar-refractivity contribution in [3.8, 4) is 45.5 Å². The van der Waals surface area contributed by atoms with Crippen LogP contribution >= 0.6 is 0 Å². The third-order valence-electron chi connectivity index (χ3n) is 11.3. The molecule has 0 fully saturated rings. The van der Waals surface area contributed by atoms with Gasteiger partial charge in [-0.2, -0.15) is 9.97 Å². The summed E-state index contributed by atoms with van der Waals surface area (Å²) >= 11 is 0. The molecule has 0 saturated carbocycles. The van der Waals surface area contributed by atoms with Gasteiger partial charge in [-0.25, -0.2) is 4.98 Å². The van der Waals surface area contributed by atoms with E-state index in [1.165, 1.54) is 0 Å². The van der Waals surface area contributed by atoms with Crippen molar-refractivity contribution in [2.45, 2.75) is 0 Å². The molecule has 0 saturated heterocycles. The average molecular weight is 738 g/mol. The van der Waals surface area contributed by atoms with E-state index in [-0.39, 0.29) is 60.6 Å². The van der Waals surface area contributed by atoms with Gasteiger partial charge in [0.05, 0.1) is 11.0 Å². The van der Waals surface area contributed by atoms with Gasteiger partial charge in [0.15, 0.2) is 11.6 Å². The van der Waals surface area contributed by atoms with Gasteiger partial charge in [-0.05, 0) is 28.6 Å². The number of nitrogens with zero attached hydrogens (tertiary/aromatic N) is 5. The van der Waals surface area contributed by atoms with Crippen molar-refractivity contribution in [3.63, 3.8) is 0 Å². The van der Waals surface area contributed by atoms with E-state index in [9.17, 15) is 0 Å². The van der Waals surface area contributed by atoms with E-state index in [0.29, 0.717) is 60.9 Å². The molecule has 10 rings (SSSR count). The van der Waals surface area contributed by atoms with Crippen molar-refractivity contribution in [3.05, 3.63) is 115 Å². The lowest BCUT2D eigenvalue weighted by molar-refractivity contribution is 0.956. The first kappa shape index (κ1) is 38.0. The van der Waals surface area contributed by atoms with Crippen LogP contribution in [0.4, 0.5) is 0 Å². The van der Waals surface area contributed by atoms with E-state index >= 15 is 0 Å². The van der Waals surface area contributed by atoms with Crippen LogP contribution in [-0.4, -0.2) is 103 Å². The van der Waals surface area contributed by atoms with E-state index in [1.54, 1.807) is 4.57 Å². The molecule has 0 atom stereocenters. The molecule has 60 heavy (non-hydrogen) atoms. The van der Waals surface area contributed by atoms with Gasteiger partial charge in [0, 0.05) is 44.0 Å². The number of fused-ring (bicyclic) bond motifs is 7. The van der Waals surface area contributed by atoms with Crippen LogP contribution in [-0.2, 0) is 0 Å². The summed E-state index contributed by atoms with van der Waals surface area (Å²) in [6.45, 7) is 0. The Hall–Kier alpha value is -6.20. The van der Waals surface area contributed by atoms with E-state index in [1.807, 2.05) is 108 Å². The number of rotatable bonds is 5. The molecule has 3 heterocycles. The molecule has 0 spiro atoms. The summed E-state index contributed by atoms with van der Waals surface area (Å²) in [6, 6.07) is 37.1. The molecule has 3 aromatic heterocycles. The third kappa shape index (κ3) is 5.51. The smallest absolute Gasteiger partial charge is 0.238 e. The molecule has 0 bridgehead atoms. The van der Waals surface area contributed by atoms with Gasteiger partial charge in [0.2, 0.25) is 5.95 Å². The fraction of sp³-hybridized carbons (Fsp3) is 0. The quantitative estimate of drug-likeness (QED) is 0.214. The van der Waals surface area contributed by atoms with Crippen molar-refractivity contribution >= 4 is 177 Å². The van der Waals surface area contributed by atoms with Crippen LogP contribution in [0.2, 0.25) is 0 Å². The second-order valence-corrected chi connectivity index (χ2v) is 14.6. The zero-order chi connectivity index (χ0) is 41.7. The molecule has 254 valence electrons. The molecule has 5 nitrogen and oxygen atoms in total. The highest BCUT2D eigenvalue weighted by Crippen LogP contribution is 2.38.